The highest BCUT2D eigenvalue weighted by atomic mass is 32.1. The number of benzene rings is 1. The summed E-state index contributed by atoms with van der Waals surface area (Å²) in [6, 6.07) is 7.58. The molecule has 164 valence electrons. The minimum atomic E-state index is -0.353. The number of aryl methyl sites for hydroxylation is 1. The molecule has 0 unspecified atom stereocenters. The fraction of sp³-hybridized carbons (Fsp3) is 0.478. The zero-order chi connectivity index (χ0) is 22.2. The maximum Gasteiger partial charge on any atom is 0.273 e. The van der Waals surface area contributed by atoms with Gasteiger partial charge in [0.2, 0.25) is 0 Å². The predicted octanol–water partition coefficient (Wildman–Crippen LogP) is 4.87. The molecule has 3 aromatic rings. The standard InChI is InChI=1S/C23H29N5O2S/c1-14-10-12-15(13-11-14)20(29)26-22-25-19-18(31-22)17(27-28(19)23(2,3)4)21(30)24-16-8-6-5-7-9-16/h10-13,16H,5-9H2,1-4H3,(H,24,30)(H,25,26,29). The SMILES string of the molecule is Cc1ccc(C(=O)Nc2nc3c(s2)c(C(=O)NC2CCCCC2)nn3C(C)(C)C)cc1. The fourth-order valence-electron chi connectivity index (χ4n) is 3.85. The maximum absolute atomic E-state index is 13.1. The molecule has 0 spiro atoms. The van der Waals surface area contributed by atoms with Crippen LogP contribution in [0.25, 0.3) is 10.3 Å². The Bertz CT molecular complexity index is 1100. The van der Waals surface area contributed by atoms with Crippen molar-refractivity contribution >= 4 is 38.6 Å². The van der Waals surface area contributed by atoms with Crippen molar-refractivity contribution in [2.24, 2.45) is 0 Å². The molecule has 0 radical (unpaired) electrons. The Morgan fingerprint density at radius 1 is 1.06 bits per heavy atom. The Hall–Kier alpha value is -2.74. The Balaban J connectivity index is 1.64. The van der Waals surface area contributed by atoms with Crippen LogP contribution in [0.1, 0.15) is 79.3 Å². The van der Waals surface area contributed by atoms with Crippen LogP contribution in [-0.2, 0) is 5.54 Å². The number of hydrogen-bond acceptors (Lipinski definition) is 5. The van der Waals surface area contributed by atoms with Gasteiger partial charge >= 0.3 is 0 Å². The quantitative estimate of drug-likeness (QED) is 0.607. The first-order valence-electron chi connectivity index (χ1n) is 10.8. The van der Waals surface area contributed by atoms with Gasteiger partial charge in [-0.25, -0.2) is 4.68 Å². The molecule has 2 heterocycles. The van der Waals surface area contributed by atoms with Crippen LogP contribution in [0.4, 0.5) is 5.13 Å². The van der Waals surface area contributed by atoms with Gasteiger partial charge in [-0.2, -0.15) is 10.1 Å². The molecule has 1 fully saturated rings. The van der Waals surface area contributed by atoms with E-state index in [1.165, 1.54) is 17.8 Å². The Labute approximate surface area is 186 Å². The first-order chi connectivity index (χ1) is 14.7. The number of anilines is 1. The summed E-state index contributed by atoms with van der Waals surface area (Å²) in [5, 5.41) is 11.1. The molecule has 8 heteroatoms. The Morgan fingerprint density at radius 2 is 1.74 bits per heavy atom. The van der Waals surface area contributed by atoms with Gasteiger partial charge in [-0.15, -0.1) is 0 Å². The molecule has 1 aromatic carbocycles. The van der Waals surface area contributed by atoms with E-state index in [2.05, 4.69) is 20.7 Å². The first-order valence-corrected chi connectivity index (χ1v) is 11.6. The molecule has 0 atom stereocenters. The average Bonchev–Trinajstić information content (AvgIpc) is 3.27. The lowest BCUT2D eigenvalue weighted by atomic mass is 9.95. The van der Waals surface area contributed by atoms with E-state index < -0.39 is 0 Å². The van der Waals surface area contributed by atoms with E-state index in [1.54, 1.807) is 16.8 Å². The molecule has 2 N–H and O–H groups in total. The molecule has 2 aromatic heterocycles. The number of carbonyl (C=O) groups excluding carboxylic acids is 2. The third kappa shape index (κ3) is 4.63. The smallest absolute Gasteiger partial charge is 0.273 e. The fourth-order valence-corrected chi connectivity index (χ4v) is 4.77. The van der Waals surface area contributed by atoms with Crippen LogP contribution in [0.15, 0.2) is 24.3 Å². The van der Waals surface area contributed by atoms with Gasteiger partial charge in [-0.3, -0.25) is 14.9 Å². The van der Waals surface area contributed by atoms with Crippen LogP contribution in [0.2, 0.25) is 0 Å². The average molecular weight is 440 g/mol. The second kappa shape index (κ2) is 8.42. The van der Waals surface area contributed by atoms with Crippen LogP contribution in [0.3, 0.4) is 0 Å². The van der Waals surface area contributed by atoms with Gasteiger partial charge < -0.3 is 5.32 Å². The zero-order valence-electron chi connectivity index (χ0n) is 18.5. The summed E-state index contributed by atoms with van der Waals surface area (Å²) in [4.78, 5) is 30.3. The minimum absolute atomic E-state index is 0.167. The molecule has 7 nitrogen and oxygen atoms in total. The van der Waals surface area contributed by atoms with Gasteiger partial charge in [0.15, 0.2) is 16.5 Å². The Kier molecular flexibility index (Phi) is 5.83. The zero-order valence-corrected chi connectivity index (χ0v) is 19.3. The molecular formula is C23H29N5O2S. The van der Waals surface area contributed by atoms with Gasteiger partial charge in [0.25, 0.3) is 11.8 Å². The van der Waals surface area contributed by atoms with E-state index >= 15 is 0 Å². The molecule has 0 saturated heterocycles. The molecule has 4 rings (SSSR count). The Morgan fingerprint density at radius 3 is 2.39 bits per heavy atom. The lowest BCUT2D eigenvalue weighted by Gasteiger charge is -2.22. The molecule has 0 aliphatic heterocycles. The third-order valence-corrected chi connectivity index (χ3v) is 6.52. The van der Waals surface area contributed by atoms with Gasteiger partial charge in [0.05, 0.1) is 5.54 Å². The lowest BCUT2D eigenvalue weighted by molar-refractivity contribution is 0.0922. The van der Waals surface area contributed by atoms with Crippen molar-refractivity contribution < 1.29 is 9.59 Å². The first kappa shape index (κ1) is 21.5. The molecule has 2 amide bonds. The highest BCUT2D eigenvalue weighted by Gasteiger charge is 2.28. The monoisotopic (exact) mass is 439 g/mol. The molecule has 1 aliphatic rings. The van der Waals surface area contributed by atoms with Gasteiger partial charge in [0, 0.05) is 11.6 Å². The summed E-state index contributed by atoms with van der Waals surface area (Å²) in [6.07, 6.45) is 5.54. The molecule has 1 saturated carbocycles. The summed E-state index contributed by atoms with van der Waals surface area (Å²) in [7, 11) is 0. The number of nitrogens with one attached hydrogen (secondary N) is 2. The molecule has 0 bridgehead atoms. The van der Waals surface area contributed by atoms with E-state index in [9.17, 15) is 9.59 Å². The molecule has 1 aliphatic carbocycles. The summed E-state index contributed by atoms with van der Waals surface area (Å²) >= 11 is 1.29. The number of nitrogens with zero attached hydrogens (tertiary/aromatic N) is 3. The molecular weight excluding hydrogens is 410 g/mol. The maximum atomic E-state index is 13.1. The van der Waals surface area contributed by atoms with Crippen LogP contribution >= 0.6 is 11.3 Å². The van der Waals surface area contributed by atoms with E-state index in [-0.39, 0.29) is 23.4 Å². The minimum Gasteiger partial charge on any atom is -0.348 e. The van der Waals surface area contributed by atoms with Crippen molar-refractivity contribution in [2.75, 3.05) is 5.32 Å². The van der Waals surface area contributed by atoms with Crippen LogP contribution < -0.4 is 10.6 Å². The number of carbonyl (C=O) groups is 2. The summed E-state index contributed by atoms with van der Waals surface area (Å²) < 4.78 is 2.47. The van der Waals surface area contributed by atoms with Crippen LogP contribution in [-0.4, -0.2) is 32.6 Å². The van der Waals surface area contributed by atoms with Crippen molar-refractivity contribution in [2.45, 2.75) is 71.4 Å². The highest BCUT2D eigenvalue weighted by molar-refractivity contribution is 7.22. The van der Waals surface area contributed by atoms with Crippen molar-refractivity contribution in [3.63, 3.8) is 0 Å². The van der Waals surface area contributed by atoms with Gasteiger partial charge in [-0.05, 0) is 52.7 Å². The van der Waals surface area contributed by atoms with Crippen molar-refractivity contribution in [3.8, 4) is 0 Å². The second-order valence-electron chi connectivity index (χ2n) is 9.23. The van der Waals surface area contributed by atoms with Gasteiger partial charge in [0.1, 0.15) is 4.70 Å². The number of aromatic nitrogens is 3. The number of hydrogen-bond donors (Lipinski definition) is 2. The van der Waals surface area contributed by atoms with E-state index in [4.69, 9.17) is 0 Å². The number of amides is 2. The van der Waals surface area contributed by atoms with Crippen LogP contribution in [0, 0.1) is 6.92 Å². The third-order valence-electron chi connectivity index (χ3n) is 5.55. The van der Waals surface area contributed by atoms with E-state index in [0.717, 1.165) is 31.2 Å². The van der Waals surface area contributed by atoms with E-state index in [1.807, 2.05) is 39.8 Å². The summed E-state index contributed by atoms with van der Waals surface area (Å²) in [5.74, 6) is -0.389. The number of rotatable bonds is 4. The predicted molar refractivity (Wildman–Crippen MR) is 124 cm³/mol. The van der Waals surface area contributed by atoms with E-state index in [0.29, 0.717) is 26.7 Å². The van der Waals surface area contributed by atoms with Crippen molar-refractivity contribution in [1.29, 1.82) is 0 Å². The summed E-state index contributed by atoms with van der Waals surface area (Å²) in [5.41, 5.74) is 2.30. The summed E-state index contributed by atoms with van der Waals surface area (Å²) in [6.45, 7) is 8.04. The number of fused-ring (bicyclic) bond motifs is 1. The van der Waals surface area contributed by atoms with Crippen LogP contribution in [0.5, 0.6) is 0 Å². The lowest BCUT2D eigenvalue weighted by Crippen LogP contribution is -2.36. The highest BCUT2D eigenvalue weighted by Crippen LogP contribution is 2.32. The molecule has 31 heavy (non-hydrogen) atoms. The largest absolute Gasteiger partial charge is 0.348 e. The number of thiazole rings is 1. The second-order valence-corrected chi connectivity index (χ2v) is 10.2. The van der Waals surface area contributed by atoms with Crippen molar-refractivity contribution in [3.05, 3.63) is 41.1 Å². The van der Waals surface area contributed by atoms with Gasteiger partial charge in [-0.1, -0.05) is 48.3 Å². The normalized spacial score (nSPS) is 15.2. The topological polar surface area (TPSA) is 88.9 Å². The van der Waals surface area contributed by atoms with Crippen molar-refractivity contribution in [1.82, 2.24) is 20.1 Å².